The minimum absolute atomic E-state index is 0.102. The van der Waals surface area contributed by atoms with E-state index in [-0.39, 0.29) is 10.6 Å². The van der Waals surface area contributed by atoms with Gasteiger partial charge in [-0.1, -0.05) is 6.07 Å². The first-order chi connectivity index (χ1) is 8.94. The lowest BCUT2D eigenvalue weighted by atomic mass is 9.79. The summed E-state index contributed by atoms with van der Waals surface area (Å²) in [4.78, 5) is 0.102. The molecular formula is C13H20BNO4S. The van der Waals surface area contributed by atoms with Crippen LogP contribution in [0.4, 0.5) is 5.69 Å². The minimum atomic E-state index is -3.38. The zero-order valence-electron chi connectivity index (χ0n) is 12.4. The second-order valence-corrected chi connectivity index (χ2v) is 8.14. The van der Waals surface area contributed by atoms with Crippen molar-refractivity contribution in [3.8, 4) is 0 Å². The standard InChI is InChI=1S/C13H20BNO4S/c1-12(2)13(3,4)19-14(18-12)9-6-7-10(15)11(8-9)20(5,16)17/h6-8H,15H2,1-5H3. The van der Waals surface area contributed by atoms with Gasteiger partial charge in [-0.25, -0.2) is 8.42 Å². The Morgan fingerprint density at radius 2 is 1.60 bits per heavy atom. The molecule has 2 rings (SSSR count). The third-order valence-electron chi connectivity index (χ3n) is 3.96. The molecule has 0 unspecified atom stereocenters. The smallest absolute Gasteiger partial charge is 0.399 e. The lowest BCUT2D eigenvalue weighted by Gasteiger charge is -2.32. The quantitative estimate of drug-likeness (QED) is 0.650. The van der Waals surface area contributed by atoms with Gasteiger partial charge in [-0.05, 0) is 45.3 Å². The van der Waals surface area contributed by atoms with Crippen molar-refractivity contribution in [2.24, 2.45) is 0 Å². The number of benzene rings is 1. The molecule has 20 heavy (non-hydrogen) atoms. The highest BCUT2D eigenvalue weighted by Crippen LogP contribution is 2.36. The van der Waals surface area contributed by atoms with Crippen molar-refractivity contribution in [3.63, 3.8) is 0 Å². The molecule has 110 valence electrons. The number of rotatable bonds is 2. The molecule has 1 saturated heterocycles. The Balaban J connectivity index is 2.42. The van der Waals surface area contributed by atoms with Gasteiger partial charge in [0.2, 0.25) is 0 Å². The fourth-order valence-corrected chi connectivity index (χ4v) is 2.84. The van der Waals surface area contributed by atoms with Gasteiger partial charge < -0.3 is 15.0 Å². The fraction of sp³-hybridized carbons (Fsp3) is 0.538. The van der Waals surface area contributed by atoms with Crippen LogP contribution < -0.4 is 11.2 Å². The first-order valence-electron chi connectivity index (χ1n) is 6.39. The van der Waals surface area contributed by atoms with Crippen LogP contribution in [0.3, 0.4) is 0 Å². The monoisotopic (exact) mass is 297 g/mol. The van der Waals surface area contributed by atoms with Gasteiger partial charge in [0.15, 0.2) is 9.84 Å². The van der Waals surface area contributed by atoms with Gasteiger partial charge in [-0.3, -0.25) is 0 Å². The van der Waals surface area contributed by atoms with Crippen molar-refractivity contribution in [2.75, 3.05) is 12.0 Å². The summed E-state index contributed by atoms with van der Waals surface area (Å²) in [5.41, 5.74) is 5.66. The molecule has 5 nitrogen and oxygen atoms in total. The van der Waals surface area contributed by atoms with Crippen LogP contribution in [0.2, 0.25) is 0 Å². The van der Waals surface area contributed by atoms with E-state index in [4.69, 9.17) is 15.0 Å². The largest absolute Gasteiger partial charge is 0.494 e. The summed E-state index contributed by atoms with van der Waals surface area (Å²) in [6, 6.07) is 4.82. The topological polar surface area (TPSA) is 78.6 Å². The zero-order valence-corrected chi connectivity index (χ0v) is 13.2. The molecule has 2 N–H and O–H groups in total. The lowest BCUT2D eigenvalue weighted by molar-refractivity contribution is 0.00578. The molecule has 0 radical (unpaired) electrons. The molecule has 0 amide bonds. The van der Waals surface area contributed by atoms with Gasteiger partial charge in [-0.2, -0.15) is 0 Å². The van der Waals surface area contributed by atoms with Gasteiger partial charge in [0, 0.05) is 6.26 Å². The molecule has 0 atom stereocenters. The summed E-state index contributed by atoms with van der Waals surface area (Å²) in [6.07, 6.45) is 1.13. The first kappa shape index (κ1) is 15.3. The molecule has 1 fully saturated rings. The number of nitrogens with two attached hydrogens (primary N) is 1. The number of hydrogen-bond donors (Lipinski definition) is 1. The van der Waals surface area contributed by atoms with E-state index in [1.807, 2.05) is 27.7 Å². The predicted octanol–water partition coefficient (Wildman–Crippen LogP) is 0.971. The van der Waals surface area contributed by atoms with Crippen molar-refractivity contribution in [1.29, 1.82) is 0 Å². The van der Waals surface area contributed by atoms with Crippen LogP contribution >= 0.6 is 0 Å². The summed E-state index contributed by atoms with van der Waals surface area (Å²) in [7, 11) is -3.98. The SMILES string of the molecule is CC1(C)OB(c2ccc(N)c(S(C)(=O)=O)c2)OC1(C)C. The Bertz CT molecular complexity index is 624. The number of sulfone groups is 1. The lowest BCUT2D eigenvalue weighted by Crippen LogP contribution is -2.41. The predicted molar refractivity (Wildman–Crippen MR) is 79.7 cm³/mol. The van der Waals surface area contributed by atoms with Crippen LogP contribution in [0.25, 0.3) is 0 Å². The van der Waals surface area contributed by atoms with Crippen LogP contribution in [-0.4, -0.2) is 33.0 Å². The summed E-state index contributed by atoms with van der Waals surface area (Å²) in [5, 5.41) is 0. The Morgan fingerprint density at radius 3 is 2.05 bits per heavy atom. The summed E-state index contributed by atoms with van der Waals surface area (Å²) in [6.45, 7) is 7.78. The van der Waals surface area contributed by atoms with Gasteiger partial charge in [0.05, 0.1) is 21.8 Å². The van der Waals surface area contributed by atoms with E-state index in [1.165, 1.54) is 6.07 Å². The summed E-state index contributed by atoms with van der Waals surface area (Å²) < 4.78 is 35.2. The molecule has 1 heterocycles. The zero-order chi connectivity index (χ0) is 15.3. The molecule has 7 heteroatoms. The molecule has 0 aromatic heterocycles. The molecule has 1 aliphatic heterocycles. The maximum absolute atomic E-state index is 11.7. The summed E-state index contributed by atoms with van der Waals surface area (Å²) >= 11 is 0. The van der Waals surface area contributed by atoms with Crippen LogP contribution in [0, 0.1) is 0 Å². The maximum atomic E-state index is 11.7. The van der Waals surface area contributed by atoms with E-state index in [0.29, 0.717) is 5.46 Å². The Labute approximate surface area is 120 Å². The number of hydrogen-bond acceptors (Lipinski definition) is 5. The number of anilines is 1. The minimum Gasteiger partial charge on any atom is -0.399 e. The molecule has 0 saturated carbocycles. The molecule has 0 spiro atoms. The third-order valence-corrected chi connectivity index (χ3v) is 5.12. The van der Waals surface area contributed by atoms with Crippen LogP contribution in [-0.2, 0) is 19.1 Å². The van der Waals surface area contributed by atoms with E-state index in [1.54, 1.807) is 12.1 Å². The highest BCUT2D eigenvalue weighted by molar-refractivity contribution is 7.90. The highest BCUT2D eigenvalue weighted by atomic mass is 32.2. The average molecular weight is 297 g/mol. The molecule has 1 aliphatic rings. The van der Waals surface area contributed by atoms with Crippen molar-refractivity contribution in [3.05, 3.63) is 18.2 Å². The average Bonchev–Trinajstić information content (AvgIpc) is 2.47. The molecule has 1 aromatic rings. The van der Waals surface area contributed by atoms with Gasteiger partial charge in [0.25, 0.3) is 0 Å². The van der Waals surface area contributed by atoms with Crippen molar-refractivity contribution in [2.45, 2.75) is 43.8 Å². The van der Waals surface area contributed by atoms with E-state index < -0.39 is 28.2 Å². The second-order valence-electron chi connectivity index (χ2n) is 6.16. The highest BCUT2D eigenvalue weighted by Gasteiger charge is 2.51. The first-order valence-corrected chi connectivity index (χ1v) is 8.28. The maximum Gasteiger partial charge on any atom is 0.494 e. The van der Waals surface area contributed by atoms with Crippen molar-refractivity contribution >= 4 is 28.1 Å². The summed E-state index contributed by atoms with van der Waals surface area (Å²) in [5.74, 6) is 0. The molecule has 0 bridgehead atoms. The Morgan fingerprint density at radius 1 is 1.10 bits per heavy atom. The van der Waals surface area contributed by atoms with E-state index in [0.717, 1.165) is 6.26 Å². The van der Waals surface area contributed by atoms with Crippen LogP contribution in [0.5, 0.6) is 0 Å². The number of nitrogen functional groups attached to an aromatic ring is 1. The normalized spacial score (nSPS) is 21.1. The fourth-order valence-electron chi connectivity index (χ4n) is 2.00. The van der Waals surface area contributed by atoms with Gasteiger partial charge >= 0.3 is 7.12 Å². The van der Waals surface area contributed by atoms with Gasteiger partial charge in [-0.15, -0.1) is 0 Å². The molecule has 0 aliphatic carbocycles. The van der Waals surface area contributed by atoms with E-state index in [9.17, 15) is 8.42 Å². The van der Waals surface area contributed by atoms with Crippen molar-refractivity contribution < 1.29 is 17.7 Å². The Kier molecular flexibility index (Phi) is 3.44. The molecule has 1 aromatic carbocycles. The molecular weight excluding hydrogens is 277 g/mol. The van der Waals surface area contributed by atoms with Crippen LogP contribution in [0.15, 0.2) is 23.1 Å². The Hall–Kier alpha value is -1.05. The van der Waals surface area contributed by atoms with E-state index >= 15 is 0 Å². The van der Waals surface area contributed by atoms with Gasteiger partial charge in [0.1, 0.15) is 0 Å². The second kappa shape index (κ2) is 4.48. The van der Waals surface area contributed by atoms with Crippen molar-refractivity contribution in [1.82, 2.24) is 0 Å². The van der Waals surface area contributed by atoms with Crippen LogP contribution in [0.1, 0.15) is 27.7 Å². The third kappa shape index (κ3) is 2.57. The van der Waals surface area contributed by atoms with E-state index in [2.05, 4.69) is 0 Å².